The van der Waals surface area contributed by atoms with E-state index in [2.05, 4.69) is 11.7 Å². The topological polar surface area (TPSA) is 66.1 Å². The fourth-order valence-corrected chi connectivity index (χ4v) is 1.59. The molecule has 2 N–H and O–H groups in total. The van der Waals surface area contributed by atoms with Gasteiger partial charge in [-0.3, -0.25) is 0 Å². The van der Waals surface area contributed by atoms with Crippen molar-refractivity contribution in [3.63, 3.8) is 0 Å². The summed E-state index contributed by atoms with van der Waals surface area (Å²) in [5.74, 6) is 3.02. The Labute approximate surface area is 122 Å². The first-order valence-corrected chi connectivity index (χ1v) is 6.15. The van der Waals surface area contributed by atoms with E-state index in [-0.39, 0.29) is 23.8 Å². The zero-order valence-electron chi connectivity index (χ0n) is 12.2. The highest BCUT2D eigenvalue weighted by molar-refractivity contribution is 5.94. The van der Waals surface area contributed by atoms with Crippen LogP contribution >= 0.6 is 0 Å². The van der Waals surface area contributed by atoms with Gasteiger partial charge in [0, 0.05) is 12.7 Å². The van der Waals surface area contributed by atoms with E-state index in [1.165, 1.54) is 7.11 Å². The minimum absolute atomic E-state index is 0.0437. The Balaban J connectivity index is 3.06. The van der Waals surface area contributed by atoms with Crippen LogP contribution in [0.15, 0.2) is 29.6 Å². The van der Waals surface area contributed by atoms with Crippen LogP contribution in [0, 0.1) is 11.6 Å². The van der Waals surface area contributed by atoms with Crippen LogP contribution in [0.3, 0.4) is 0 Å². The number of hydrogen-bond donors (Lipinski definition) is 1. The molecule has 0 bridgehead atoms. The molecule has 0 saturated heterocycles. The van der Waals surface area contributed by atoms with Gasteiger partial charge in [0.05, 0.1) is 12.4 Å². The number of nitrogens with two attached hydrogens (primary N) is 1. The average Bonchev–Trinajstić information content (AvgIpc) is 2.40. The van der Waals surface area contributed by atoms with Crippen LogP contribution in [0.25, 0.3) is 0 Å². The van der Waals surface area contributed by atoms with Gasteiger partial charge >= 0.3 is 0 Å². The van der Waals surface area contributed by atoms with E-state index in [0.717, 1.165) is 12.1 Å². The SMILES string of the molecule is C=C(C)O/C(=N\N)c1cc(F)c(O[C@H](C)COC)c(F)c1. The van der Waals surface area contributed by atoms with E-state index in [0.29, 0.717) is 0 Å². The Bertz CT molecular complexity index is 524. The molecule has 7 heteroatoms. The highest BCUT2D eigenvalue weighted by Crippen LogP contribution is 2.25. The lowest BCUT2D eigenvalue weighted by atomic mass is 10.2. The van der Waals surface area contributed by atoms with Gasteiger partial charge in [0.25, 0.3) is 0 Å². The summed E-state index contributed by atoms with van der Waals surface area (Å²) in [6, 6.07) is 2.04. The first-order chi connectivity index (χ1) is 9.88. The second-order valence-corrected chi connectivity index (χ2v) is 4.39. The van der Waals surface area contributed by atoms with Gasteiger partial charge in [-0.1, -0.05) is 6.58 Å². The molecule has 0 aliphatic heterocycles. The van der Waals surface area contributed by atoms with E-state index in [4.69, 9.17) is 20.1 Å². The second-order valence-electron chi connectivity index (χ2n) is 4.39. The number of methoxy groups -OCH3 is 1. The molecular weight excluding hydrogens is 282 g/mol. The standard InChI is InChI=1S/C14H18F2N2O3/c1-8(2)20-14(18-17)10-5-11(15)13(12(16)6-10)21-9(3)7-19-4/h5-6,9H,1,7,17H2,2-4H3/b18-14-/t9-/m1/s1. The molecule has 0 fully saturated rings. The largest absolute Gasteiger partial charge is 0.482 e. The molecule has 1 rings (SSSR count). The first kappa shape index (κ1) is 16.9. The molecule has 116 valence electrons. The third-order valence-electron chi connectivity index (χ3n) is 2.35. The Morgan fingerprint density at radius 2 is 1.95 bits per heavy atom. The van der Waals surface area contributed by atoms with Gasteiger partial charge in [-0.25, -0.2) is 8.78 Å². The van der Waals surface area contributed by atoms with E-state index >= 15 is 0 Å². The smallest absolute Gasteiger partial charge is 0.242 e. The highest BCUT2D eigenvalue weighted by Gasteiger charge is 2.18. The molecule has 0 aliphatic rings. The van der Waals surface area contributed by atoms with Crippen LogP contribution in [0.4, 0.5) is 8.78 Å². The number of ether oxygens (including phenoxy) is 3. The second kappa shape index (κ2) is 7.58. The van der Waals surface area contributed by atoms with Crippen molar-refractivity contribution < 1.29 is 23.0 Å². The summed E-state index contributed by atoms with van der Waals surface area (Å²) in [7, 11) is 1.47. The van der Waals surface area contributed by atoms with Crippen molar-refractivity contribution in [1.82, 2.24) is 0 Å². The lowest BCUT2D eigenvalue weighted by molar-refractivity contribution is 0.0862. The third kappa shape index (κ3) is 4.71. The van der Waals surface area contributed by atoms with Crippen molar-refractivity contribution in [2.24, 2.45) is 10.9 Å². The number of hydrogen-bond acceptors (Lipinski definition) is 5. The quantitative estimate of drug-likeness (QED) is 0.288. The van der Waals surface area contributed by atoms with Crippen molar-refractivity contribution in [3.8, 4) is 5.75 Å². The Hall–Kier alpha value is -2.15. The summed E-state index contributed by atoms with van der Waals surface area (Å²) in [5, 5.41) is 3.34. The van der Waals surface area contributed by atoms with Crippen LogP contribution in [0.1, 0.15) is 19.4 Å². The fourth-order valence-electron chi connectivity index (χ4n) is 1.59. The Kier molecular flexibility index (Phi) is 6.10. The zero-order chi connectivity index (χ0) is 16.0. The first-order valence-electron chi connectivity index (χ1n) is 6.15. The molecule has 1 aromatic rings. The number of hydrazone groups is 1. The third-order valence-corrected chi connectivity index (χ3v) is 2.35. The molecule has 0 saturated carbocycles. The molecule has 1 atom stereocenters. The number of halogens is 2. The highest BCUT2D eigenvalue weighted by atomic mass is 19.1. The molecule has 1 aromatic carbocycles. The lowest BCUT2D eigenvalue weighted by Crippen LogP contribution is -2.19. The average molecular weight is 300 g/mol. The normalized spacial score (nSPS) is 12.9. The van der Waals surface area contributed by atoms with Crippen molar-refractivity contribution in [3.05, 3.63) is 41.7 Å². The fraction of sp³-hybridized carbons (Fsp3) is 0.357. The molecular formula is C14H18F2N2O3. The minimum atomic E-state index is -0.889. The Morgan fingerprint density at radius 1 is 1.38 bits per heavy atom. The number of benzene rings is 1. The van der Waals surface area contributed by atoms with Crippen molar-refractivity contribution in [1.29, 1.82) is 0 Å². The zero-order valence-corrected chi connectivity index (χ0v) is 12.2. The monoisotopic (exact) mass is 300 g/mol. The van der Waals surface area contributed by atoms with Gasteiger partial charge in [0.2, 0.25) is 5.90 Å². The molecule has 0 spiro atoms. The number of rotatable bonds is 6. The number of allylic oxidation sites excluding steroid dienone is 1. The summed E-state index contributed by atoms with van der Waals surface area (Å²) < 4.78 is 43.0. The van der Waals surface area contributed by atoms with Gasteiger partial charge in [0.15, 0.2) is 17.4 Å². The van der Waals surface area contributed by atoms with Gasteiger partial charge < -0.3 is 20.1 Å². The van der Waals surface area contributed by atoms with Gasteiger partial charge in [-0.05, 0) is 26.0 Å². The molecule has 0 unspecified atom stereocenters. The van der Waals surface area contributed by atoms with Gasteiger partial charge in [0.1, 0.15) is 6.10 Å². The molecule has 21 heavy (non-hydrogen) atoms. The van der Waals surface area contributed by atoms with E-state index in [1.54, 1.807) is 13.8 Å². The summed E-state index contributed by atoms with van der Waals surface area (Å²) in [6.45, 7) is 6.90. The Morgan fingerprint density at radius 3 is 2.38 bits per heavy atom. The summed E-state index contributed by atoms with van der Waals surface area (Å²) in [5.41, 5.74) is 0.0437. The van der Waals surface area contributed by atoms with Crippen molar-refractivity contribution >= 4 is 5.90 Å². The van der Waals surface area contributed by atoms with Crippen LogP contribution in [-0.2, 0) is 9.47 Å². The molecule has 0 radical (unpaired) electrons. The van der Waals surface area contributed by atoms with E-state index < -0.39 is 23.5 Å². The maximum Gasteiger partial charge on any atom is 0.242 e. The maximum absolute atomic E-state index is 14.0. The van der Waals surface area contributed by atoms with Crippen LogP contribution in [0.2, 0.25) is 0 Å². The molecule has 5 nitrogen and oxygen atoms in total. The molecule has 0 aromatic heterocycles. The summed E-state index contributed by atoms with van der Waals surface area (Å²) in [6.07, 6.45) is -0.501. The van der Waals surface area contributed by atoms with Gasteiger partial charge in [-0.2, -0.15) is 0 Å². The predicted molar refractivity (Wildman–Crippen MR) is 74.9 cm³/mol. The molecule has 0 amide bonds. The molecule has 0 aliphatic carbocycles. The van der Waals surface area contributed by atoms with Crippen molar-refractivity contribution in [2.75, 3.05) is 13.7 Å². The minimum Gasteiger partial charge on any atom is -0.482 e. The van der Waals surface area contributed by atoms with E-state index in [9.17, 15) is 8.78 Å². The summed E-state index contributed by atoms with van der Waals surface area (Å²) >= 11 is 0. The van der Waals surface area contributed by atoms with Crippen molar-refractivity contribution in [2.45, 2.75) is 20.0 Å². The van der Waals surface area contributed by atoms with E-state index in [1.807, 2.05) is 0 Å². The van der Waals surface area contributed by atoms with Gasteiger partial charge in [-0.15, -0.1) is 5.10 Å². The van der Waals surface area contributed by atoms with Crippen LogP contribution in [-0.4, -0.2) is 25.7 Å². The predicted octanol–water partition coefficient (Wildman–Crippen LogP) is 2.55. The lowest BCUT2D eigenvalue weighted by Gasteiger charge is -2.16. The molecule has 0 heterocycles. The number of nitrogens with zero attached hydrogens (tertiary/aromatic N) is 1. The van der Waals surface area contributed by atoms with Crippen LogP contribution < -0.4 is 10.6 Å². The summed E-state index contributed by atoms with van der Waals surface area (Å²) in [4.78, 5) is 0. The maximum atomic E-state index is 14.0. The van der Waals surface area contributed by atoms with Crippen LogP contribution in [0.5, 0.6) is 5.75 Å².